The van der Waals surface area contributed by atoms with E-state index in [4.69, 9.17) is 9.72 Å². The number of nitrogens with zero attached hydrogens (tertiary/aromatic N) is 2. The number of hydrogen-bond acceptors (Lipinski definition) is 4. The van der Waals surface area contributed by atoms with Gasteiger partial charge >= 0.3 is 0 Å². The van der Waals surface area contributed by atoms with Crippen molar-refractivity contribution in [3.63, 3.8) is 0 Å². The van der Waals surface area contributed by atoms with Gasteiger partial charge in [-0.3, -0.25) is 4.40 Å². The summed E-state index contributed by atoms with van der Waals surface area (Å²) in [6.07, 6.45) is 1.97. The summed E-state index contributed by atoms with van der Waals surface area (Å²) in [7, 11) is 1.64. The third-order valence-corrected chi connectivity index (χ3v) is 4.30. The molecule has 130 valence electrons. The minimum Gasteiger partial charge on any atom is -0.507 e. The van der Waals surface area contributed by atoms with Gasteiger partial charge in [0.1, 0.15) is 28.7 Å². The number of fused-ring (bicyclic) bond motifs is 1. The van der Waals surface area contributed by atoms with Crippen LogP contribution in [-0.2, 0) is 0 Å². The number of pyridine rings is 1. The maximum Gasteiger partial charge on any atom is 0.143 e. The normalized spacial score (nSPS) is 10.8. The summed E-state index contributed by atoms with van der Waals surface area (Å²) < 4.78 is 7.43. The molecule has 0 atom stereocenters. The molecule has 4 aromatic rings. The number of ether oxygens (including phenoxy) is 1. The largest absolute Gasteiger partial charge is 0.507 e. The van der Waals surface area contributed by atoms with Crippen LogP contribution in [0.1, 0.15) is 5.56 Å². The van der Waals surface area contributed by atoms with Crippen LogP contribution in [0, 0.1) is 6.92 Å². The first-order chi connectivity index (χ1) is 12.7. The second-order valence-corrected chi connectivity index (χ2v) is 6.08. The summed E-state index contributed by atoms with van der Waals surface area (Å²) in [6, 6.07) is 19.0. The van der Waals surface area contributed by atoms with Gasteiger partial charge in [0, 0.05) is 11.8 Å². The van der Waals surface area contributed by atoms with Gasteiger partial charge in [0.25, 0.3) is 0 Å². The molecule has 2 aromatic heterocycles. The summed E-state index contributed by atoms with van der Waals surface area (Å²) >= 11 is 0. The molecule has 0 saturated carbocycles. The summed E-state index contributed by atoms with van der Waals surface area (Å²) in [6.45, 7) is 2.03. The minimum atomic E-state index is 0.190. The van der Waals surface area contributed by atoms with Crippen molar-refractivity contribution >= 4 is 17.2 Å². The van der Waals surface area contributed by atoms with Crippen LogP contribution in [0.3, 0.4) is 0 Å². The van der Waals surface area contributed by atoms with E-state index >= 15 is 0 Å². The third-order valence-electron chi connectivity index (χ3n) is 4.30. The fraction of sp³-hybridized carbons (Fsp3) is 0.0952. The topological polar surface area (TPSA) is 58.8 Å². The zero-order valence-corrected chi connectivity index (χ0v) is 14.6. The van der Waals surface area contributed by atoms with E-state index in [1.165, 1.54) is 0 Å². The van der Waals surface area contributed by atoms with E-state index in [9.17, 15) is 5.11 Å². The molecule has 2 heterocycles. The molecule has 26 heavy (non-hydrogen) atoms. The van der Waals surface area contributed by atoms with Crippen LogP contribution in [0.5, 0.6) is 11.5 Å². The summed E-state index contributed by atoms with van der Waals surface area (Å²) in [4.78, 5) is 4.76. The lowest BCUT2D eigenvalue weighted by Crippen LogP contribution is -1.99. The number of anilines is 2. The summed E-state index contributed by atoms with van der Waals surface area (Å²) in [5, 5.41) is 13.8. The molecule has 4 rings (SSSR count). The van der Waals surface area contributed by atoms with Gasteiger partial charge in [-0.1, -0.05) is 24.3 Å². The van der Waals surface area contributed by atoms with Gasteiger partial charge in [-0.2, -0.15) is 0 Å². The predicted molar refractivity (Wildman–Crippen MR) is 103 cm³/mol. The Morgan fingerprint density at radius 1 is 1.04 bits per heavy atom. The maximum atomic E-state index is 10.3. The fourth-order valence-electron chi connectivity index (χ4n) is 3.00. The van der Waals surface area contributed by atoms with Gasteiger partial charge in [-0.25, -0.2) is 4.98 Å². The average Bonchev–Trinajstić information content (AvgIpc) is 3.00. The average molecular weight is 345 g/mol. The number of para-hydroxylation sites is 3. The van der Waals surface area contributed by atoms with Crippen molar-refractivity contribution in [2.24, 2.45) is 0 Å². The number of rotatable bonds is 4. The van der Waals surface area contributed by atoms with Gasteiger partial charge in [0.05, 0.1) is 12.8 Å². The Morgan fingerprint density at radius 3 is 2.62 bits per heavy atom. The quantitative estimate of drug-likeness (QED) is 0.559. The van der Waals surface area contributed by atoms with Gasteiger partial charge in [0.15, 0.2) is 0 Å². The first kappa shape index (κ1) is 16.0. The standard InChI is InChI=1S/C21H19N3O2/c1-14-11-12-24-19(13-14)23-20(15-7-3-5-9-17(15)25)21(24)22-16-8-4-6-10-18(16)26-2/h3-13,22,25H,1-2H3. The molecule has 0 fully saturated rings. The predicted octanol–water partition coefficient (Wildman–Crippen LogP) is 4.77. The third kappa shape index (κ3) is 2.73. The van der Waals surface area contributed by atoms with Gasteiger partial charge in [-0.05, 0) is 48.9 Å². The number of phenols is 1. The SMILES string of the molecule is COc1ccccc1Nc1c(-c2ccccc2O)nc2cc(C)ccn12. The zero-order chi connectivity index (χ0) is 18.1. The molecule has 2 aromatic carbocycles. The van der Waals surface area contributed by atoms with Gasteiger partial charge < -0.3 is 15.2 Å². The highest BCUT2D eigenvalue weighted by atomic mass is 16.5. The molecule has 0 radical (unpaired) electrons. The number of hydrogen-bond donors (Lipinski definition) is 2. The molecule has 0 bridgehead atoms. The number of aromatic hydroxyl groups is 1. The van der Waals surface area contributed by atoms with E-state index in [0.29, 0.717) is 11.3 Å². The molecule has 0 aliphatic carbocycles. The van der Waals surface area contributed by atoms with Crippen LogP contribution in [0.15, 0.2) is 66.9 Å². The van der Waals surface area contributed by atoms with Crippen LogP contribution < -0.4 is 10.1 Å². The second-order valence-electron chi connectivity index (χ2n) is 6.08. The Morgan fingerprint density at radius 2 is 1.81 bits per heavy atom. The van der Waals surface area contributed by atoms with Gasteiger partial charge in [-0.15, -0.1) is 0 Å². The Labute approximate surface area is 151 Å². The van der Waals surface area contributed by atoms with Crippen LogP contribution in [-0.4, -0.2) is 21.6 Å². The van der Waals surface area contributed by atoms with Crippen LogP contribution in [0.2, 0.25) is 0 Å². The Balaban J connectivity index is 1.94. The van der Waals surface area contributed by atoms with Crippen LogP contribution in [0.25, 0.3) is 16.9 Å². The fourth-order valence-corrected chi connectivity index (χ4v) is 3.00. The van der Waals surface area contributed by atoms with Crippen LogP contribution in [0.4, 0.5) is 11.5 Å². The summed E-state index contributed by atoms with van der Waals surface area (Å²) in [5.74, 6) is 1.69. The van der Waals surface area contributed by atoms with E-state index in [1.807, 2.05) is 66.1 Å². The van der Waals surface area contributed by atoms with Crippen molar-refractivity contribution in [2.45, 2.75) is 6.92 Å². The van der Waals surface area contributed by atoms with E-state index in [0.717, 1.165) is 28.5 Å². The highest BCUT2D eigenvalue weighted by Crippen LogP contribution is 2.37. The minimum absolute atomic E-state index is 0.190. The van der Waals surface area contributed by atoms with E-state index in [1.54, 1.807) is 19.2 Å². The number of aryl methyl sites for hydroxylation is 1. The van der Waals surface area contributed by atoms with Crippen molar-refractivity contribution in [2.75, 3.05) is 12.4 Å². The van der Waals surface area contributed by atoms with Crippen molar-refractivity contribution in [3.8, 4) is 22.8 Å². The molecular formula is C21H19N3O2. The molecule has 5 heteroatoms. The molecular weight excluding hydrogens is 326 g/mol. The highest BCUT2D eigenvalue weighted by molar-refractivity contribution is 5.83. The van der Waals surface area contributed by atoms with E-state index < -0.39 is 0 Å². The number of benzene rings is 2. The first-order valence-corrected chi connectivity index (χ1v) is 8.34. The molecule has 0 aliphatic rings. The van der Waals surface area contributed by atoms with E-state index in [-0.39, 0.29) is 5.75 Å². The molecule has 5 nitrogen and oxygen atoms in total. The van der Waals surface area contributed by atoms with E-state index in [2.05, 4.69) is 5.32 Å². The number of aromatic nitrogens is 2. The summed E-state index contributed by atoms with van der Waals surface area (Å²) in [5.41, 5.74) is 4.11. The lowest BCUT2D eigenvalue weighted by atomic mass is 10.1. The Kier molecular flexibility index (Phi) is 3.97. The molecule has 0 unspecified atom stereocenters. The van der Waals surface area contributed by atoms with Gasteiger partial charge in [0.2, 0.25) is 0 Å². The Bertz CT molecular complexity index is 1090. The van der Waals surface area contributed by atoms with Crippen LogP contribution >= 0.6 is 0 Å². The van der Waals surface area contributed by atoms with Crippen molar-refractivity contribution in [3.05, 3.63) is 72.4 Å². The number of methoxy groups -OCH3 is 1. The second kappa shape index (κ2) is 6.44. The number of phenolic OH excluding ortho intramolecular Hbond substituents is 1. The molecule has 2 N–H and O–H groups in total. The number of imidazole rings is 1. The monoisotopic (exact) mass is 345 g/mol. The zero-order valence-electron chi connectivity index (χ0n) is 14.6. The first-order valence-electron chi connectivity index (χ1n) is 8.34. The highest BCUT2D eigenvalue weighted by Gasteiger charge is 2.18. The lowest BCUT2D eigenvalue weighted by molar-refractivity contribution is 0.417. The Hall–Kier alpha value is -3.47. The van der Waals surface area contributed by atoms with Crippen molar-refractivity contribution < 1.29 is 9.84 Å². The van der Waals surface area contributed by atoms with Crippen molar-refractivity contribution in [1.82, 2.24) is 9.38 Å². The molecule has 0 aliphatic heterocycles. The maximum absolute atomic E-state index is 10.3. The lowest BCUT2D eigenvalue weighted by Gasteiger charge is -2.12. The molecule has 0 saturated heterocycles. The number of nitrogens with one attached hydrogen (secondary N) is 1. The molecule has 0 spiro atoms. The molecule has 0 amide bonds. The smallest absolute Gasteiger partial charge is 0.143 e. The van der Waals surface area contributed by atoms with Crippen molar-refractivity contribution in [1.29, 1.82) is 0 Å².